The lowest BCUT2D eigenvalue weighted by molar-refractivity contribution is 0.824. The normalized spacial score (nSPS) is 9.13. The zero-order valence-corrected chi connectivity index (χ0v) is 10.0. The van der Waals surface area contributed by atoms with Crippen molar-refractivity contribution >= 4 is 23.0 Å². The van der Waals surface area contributed by atoms with Crippen LogP contribution in [0.5, 0.6) is 0 Å². The molecule has 0 radical (unpaired) electrons. The molecule has 2 N–H and O–H groups in total. The van der Waals surface area contributed by atoms with Gasteiger partial charge in [0.15, 0.2) is 0 Å². The molecule has 0 fully saturated rings. The molecule has 76 valence electrons. The van der Waals surface area contributed by atoms with Gasteiger partial charge in [0.1, 0.15) is 0 Å². The lowest BCUT2D eigenvalue weighted by atomic mass is 10.4. The summed E-state index contributed by atoms with van der Waals surface area (Å²) in [5.74, 6) is 2.38. The Bertz CT molecular complexity index is 346. The van der Waals surface area contributed by atoms with Crippen molar-refractivity contribution in [2.75, 3.05) is 0 Å². The van der Waals surface area contributed by atoms with Crippen molar-refractivity contribution in [2.24, 2.45) is 0 Å². The molecule has 2 aromatic carbocycles. The highest BCUT2D eigenvalue weighted by Gasteiger charge is 2.14. The first-order chi connectivity index (χ1) is 6.88. The molecule has 1 nitrogen and oxygen atoms in total. The van der Waals surface area contributed by atoms with Gasteiger partial charge in [-0.25, -0.2) is 0 Å². The van der Waals surface area contributed by atoms with Crippen molar-refractivity contribution in [1.29, 1.82) is 0 Å². The van der Waals surface area contributed by atoms with Crippen molar-refractivity contribution in [1.82, 2.24) is 0 Å². The summed E-state index contributed by atoms with van der Waals surface area (Å²) in [6.07, 6.45) is 0. The van der Waals surface area contributed by atoms with E-state index in [9.17, 15) is 0 Å². The highest BCUT2D eigenvalue weighted by atomic mass is 27.2. The maximum atomic E-state index is 2.38. The fraction of sp³-hybridized carbons (Fsp3) is 0.0769. The number of benzene rings is 2. The van der Waals surface area contributed by atoms with Gasteiger partial charge in [-0.05, 0) is 0 Å². The number of hydrogen-bond donors (Lipinski definition) is 0. The second-order valence-electron chi connectivity index (χ2n) is 3.54. The van der Waals surface area contributed by atoms with E-state index in [1.807, 2.05) is 0 Å². The molecule has 2 aromatic rings. The van der Waals surface area contributed by atoms with Crippen LogP contribution >= 0.6 is 0 Å². The average Bonchev–Trinajstić information content (AvgIpc) is 2.30. The molecule has 0 aliphatic carbocycles. The number of hydrogen-bond acceptors (Lipinski definition) is 0. The predicted octanol–water partition coefficient (Wildman–Crippen LogP) is 1.10. The Morgan fingerprint density at radius 2 is 1.00 bits per heavy atom. The summed E-state index contributed by atoms with van der Waals surface area (Å²) in [6, 6.07) is 21.6. The molecule has 0 bridgehead atoms. The van der Waals surface area contributed by atoms with E-state index in [0.717, 1.165) is 0 Å². The second-order valence-corrected chi connectivity index (χ2v) is 6.32. The standard InChI is InChI=1S/2C6H5.CH3.Al.H2O/c2*1-2-4-6-5-3-1;;;/h2*1-5H;1H3;;1H2. The summed E-state index contributed by atoms with van der Waals surface area (Å²) in [5, 5.41) is 0. The Hall–Kier alpha value is -1.07. The molecule has 0 atom stereocenters. The van der Waals surface area contributed by atoms with Gasteiger partial charge in [-0.3, -0.25) is 0 Å². The summed E-state index contributed by atoms with van der Waals surface area (Å²) < 4.78 is 3.03. The molecule has 0 aliphatic rings. The van der Waals surface area contributed by atoms with Crippen molar-refractivity contribution in [3.63, 3.8) is 0 Å². The molecule has 0 saturated carbocycles. The molecule has 2 rings (SSSR count). The van der Waals surface area contributed by atoms with Crippen LogP contribution in [0.4, 0.5) is 0 Å². The van der Waals surface area contributed by atoms with Gasteiger partial charge >= 0.3 is 14.1 Å². The first-order valence-electron chi connectivity index (χ1n) is 4.98. The van der Waals surface area contributed by atoms with Gasteiger partial charge in [0.2, 0.25) is 0 Å². The van der Waals surface area contributed by atoms with Gasteiger partial charge in [0.25, 0.3) is 0 Å². The van der Waals surface area contributed by atoms with Gasteiger partial charge in [-0.2, -0.15) is 0 Å². The fourth-order valence-electron chi connectivity index (χ4n) is 1.68. The Morgan fingerprint density at radius 1 is 0.667 bits per heavy atom. The van der Waals surface area contributed by atoms with Gasteiger partial charge < -0.3 is 5.48 Å². The SMILES string of the molecule is O.[CH3][Al]([c]1ccccc1)[c]1ccccc1. The molecule has 2 heteroatoms. The molecule has 15 heavy (non-hydrogen) atoms. The van der Waals surface area contributed by atoms with E-state index < -0.39 is 14.1 Å². The second kappa shape index (κ2) is 5.73. The molecular formula is C13H15AlO. The minimum absolute atomic E-state index is 0. The summed E-state index contributed by atoms with van der Waals surface area (Å²) in [4.78, 5) is 0. The van der Waals surface area contributed by atoms with Crippen molar-refractivity contribution in [3.8, 4) is 0 Å². The van der Waals surface area contributed by atoms with Crippen LogP contribution < -0.4 is 8.85 Å². The molecule has 0 heterocycles. The van der Waals surface area contributed by atoms with E-state index in [-0.39, 0.29) is 5.48 Å². The molecule has 0 amide bonds. The van der Waals surface area contributed by atoms with Crippen LogP contribution in [0.3, 0.4) is 0 Å². The summed E-state index contributed by atoms with van der Waals surface area (Å²) >= 11 is -0.919. The monoisotopic (exact) mass is 214 g/mol. The lowest BCUT2D eigenvalue weighted by Gasteiger charge is -2.06. The van der Waals surface area contributed by atoms with Crippen LogP contribution in [0, 0.1) is 0 Å². The Morgan fingerprint density at radius 3 is 1.33 bits per heavy atom. The Labute approximate surface area is 95.1 Å². The third kappa shape index (κ3) is 2.94. The third-order valence-electron chi connectivity index (χ3n) is 2.60. The molecule has 0 spiro atoms. The quantitative estimate of drug-likeness (QED) is 0.670. The van der Waals surface area contributed by atoms with E-state index in [1.165, 1.54) is 8.85 Å². The summed E-state index contributed by atoms with van der Waals surface area (Å²) in [7, 11) is 0. The van der Waals surface area contributed by atoms with Crippen LogP contribution in [-0.2, 0) is 0 Å². The van der Waals surface area contributed by atoms with Crippen LogP contribution in [-0.4, -0.2) is 19.6 Å². The summed E-state index contributed by atoms with van der Waals surface area (Å²) in [6.45, 7) is 0. The van der Waals surface area contributed by atoms with Crippen LogP contribution in [0.1, 0.15) is 0 Å². The highest BCUT2D eigenvalue weighted by Crippen LogP contribution is 1.91. The van der Waals surface area contributed by atoms with E-state index in [1.54, 1.807) is 0 Å². The third-order valence-corrected chi connectivity index (χ3v) is 5.37. The van der Waals surface area contributed by atoms with E-state index in [2.05, 4.69) is 66.4 Å². The Balaban J connectivity index is 0.00000112. The zero-order valence-electron chi connectivity index (χ0n) is 8.85. The first-order valence-corrected chi connectivity index (χ1v) is 7.29. The maximum absolute atomic E-state index is 2.38. The van der Waals surface area contributed by atoms with Crippen LogP contribution in [0.15, 0.2) is 60.7 Å². The maximum Gasteiger partial charge on any atom is 0.342 e. The smallest absolute Gasteiger partial charge is 0.342 e. The Kier molecular flexibility index (Phi) is 4.58. The zero-order chi connectivity index (χ0) is 9.80. The van der Waals surface area contributed by atoms with Gasteiger partial charge in [-0.1, -0.05) is 66.4 Å². The van der Waals surface area contributed by atoms with E-state index in [0.29, 0.717) is 0 Å². The largest absolute Gasteiger partial charge is 0.412 e. The highest BCUT2D eigenvalue weighted by molar-refractivity contribution is 6.84. The van der Waals surface area contributed by atoms with E-state index in [4.69, 9.17) is 0 Å². The lowest BCUT2D eigenvalue weighted by Crippen LogP contribution is -2.38. The molecule has 0 saturated heterocycles. The summed E-state index contributed by atoms with van der Waals surface area (Å²) in [5.41, 5.74) is 0. The first kappa shape index (κ1) is 12.0. The molecule has 0 unspecified atom stereocenters. The van der Waals surface area contributed by atoms with Gasteiger partial charge in [-0.15, -0.1) is 8.85 Å². The minimum atomic E-state index is -0.919. The fourth-order valence-corrected chi connectivity index (χ4v) is 3.66. The van der Waals surface area contributed by atoms with Gasteiger partial charge in [0, 0.05) is 0 Å². The van der Waals surface area contributed by atoms with Crippen molar-refractivity contribution in [3.05, 3.63) is 60.7 Å². The van der Waals surface area contributed by atoms with Crippen LogP contribution in [0.25, 0.3) is 0 Å². The molecule has 0 aromatic heterocycles. The minimum Gasteiger partial charge on any atom is -0.412 e. The predicted molar refractivity (Wildman–Crippen MR) is 67.4 cm³/mol. The average molecular weight is 214 g/mol. The topological polar surface area (TPSA) is 31.5 Å². The van der Waals surface area contributed by atoms with E-state index >= 15 is 0 Å². The molecule has 0 aliphatic heterocycles. The van der Waals surface area contributed by atoms with Crippen molar-refractivity contribution < 1.29 is 5.48 Å². The number of rotatable bonds is 2. The van der Waals surface area contributed by atoms with Crippen LogP contribution in [0.2, 0.25) is 5.79 Å². The van der Waals surface area contributed by atoms with Crippen molar-refractivity contribution in [2.45, 2.75) is 5.79 Å². The molecular weight excluding hydrogens is 199 g/mol. The van der Waals surface area contributed by atoms with Gasteiger partial charge in [0.05, 0.1) is 0 Å².